The van der Waals surface area contributed by atoms with E-state index in [-0.39, 0.29) is 12.2 Å². The molecule has 1 atom stereocenters. The molecule has 1 aromatic carbocycles. The summed E-state index contributed by atoms with van der Waals surface area (Å²) in [5.41, 5.74) is -3.30. The van der Waals surface area contributed by atoms with Gasteiger partial charge in [0.1, 0.15) is 6.04 Å². The van der Waals surface area contributed by atoms with Gasteiger partial charge in [-0.3, -0.25) is 4.79 Å². The van der Waals surface area contributed by atoms with Crippen molar-refractivity contribution in [1.82, 2.24) is 10.6 Å². The highest BCUT2D eigenvalue weighted by Gasteiger charge is 2.37. The lowest BCUT2D eigenvalue weighted by molar-refractivity contribution is -0.137. The lowest BCUT2D eigenvalue weighted by atomic mass is 9.89. The van der Waals surface area contributed by atoms with Gasteiger partial charge in [-0.25, -0.2) is 8.78 Å². The second kappa shape index (κ2) is 7.11. The van der Waals surface area contributed by atoms with Gasteiger partial charge in [-0.2, -0.15) is 13.2 Å². The Morgan fingerprint density at radius 3 is 2.15 bits per heavy atom. The molecule has 2 N–H and O–H groups in total. The first kappa shape index (κ1) is 20.6. The Hall–Kier alpha value is -1.74. The summed E-state index contributed by atoms with van der Waals surface area (Å²) in [7, 11) is 0. The third kappa shape index (κ3) is 4.91. The summed E-state index contributed by atoms with van der Waals surface area (Å²) >= 11 is 0. The van der Waals surface area contributed by atoms with Gasteiger partial charge in [-0.1, -0.05) is 0 Å². The predicted octanol–water partition coefficient (Wildman–Crippen LogP) is 3.16. The van der Waals surface area contributed by atoms with Gasteiger partial charge in [0.05, 0.1) is 24.3 Å². The Bertz CT molecular complexity index is 630. The van der Waals surface area contributed by atoms with Crippen molar-refractivity contribution >= 4 is 5.91 Å². The minimum Gasteiger partial charge on any atom is -0.378 e. The Kier molecular flexibility index (Phi) is 5.63. The fourth-order valence-electron chi connectivity index (χ4n) is 2.61. The van der Waals surface area contributed by atoms with Crippen LogP contribution in [0.2, 0.25) is 0 Å². The van der Waals surface area contributed by atoms with E-state index in [1.54, 1.807) is 0 Å². The molecule has 1 saturated heterocycles. The summed E-state index contributed by atoms with van der Waals surface area (Å²) in [6, 6.07) is 1.54. The third-order valence-corrected chi connectivity index (χ3v) is 4.16. The molecule has 0 saturated carbocycles. The maximum atomic E-state index is 13.7. The molecule has 2 rings (SSSR count). The first-order chi connectivity index (χ1) is 11.8. The van der Waals surface area contributed by atoms with Gasteiger partial charge >= 0.3 is 6.18 Å². The number of hydrogen-bond donors (Lipinski definition) is 2. The molecule has 0 unspecified atom stereocenters. The maximum absolute atomic E-state index is 13.7. The highest BCUT2D eigenvalue weighted by molar-refractivity contribution is 5.82. The monoisotopic (exact) mass is 380 g/mol. The number of benzene rings is 1. The summed E-state index contributed by atoms with van der Waals surface area (Å²) < 4.78 is 71.9. The molecular formula is C17H21F5N2O2. The fraction of sp³-hybridized carbons (Fsp3) is 0.588. The van der Waals surface area contributed by atoms with E-state index in [1.807, 2.05) is 0 Å². The molecule has 1 heterocycles. The van der Waals surface area contributed by atoms with Gasteiger partial charge in [0.25, 0.3) is 5.92 Å². The van der Waals surface area contributed by atoms with E-state index in [0.29, 0.717) is 26.1 Å². The van der Waals surface area contributed by atoms with Crippen LogP contribution in [0.4, 0.5) is 22.0 Å². The quantitative estimate of drug-likeness (QED) is 0.789. The number of ether oxygens (including phenoxy) is 1. The second-order valence-corrected chi connectivity index (χ2v) is 6.88. The van der Waals surface area contributed by atoms with Gasteiger partial charge in [-0.05, 0) is 37.6 Å². The van der Waals surface area contributed by atoms with Crippen molar-refractivity contribution in [3.05, 3.63) is 34.9 Å². The standard InChI is InChI=1S/C17H21F5N2O2/c1-15(2,24-14(25)13-9-26-5-4-23-13)10-6-11(16(3,18)19)8-12(7-10)17(20,21)22/h6-8,13,23H,4-5,9H2,1-3H3,(H,24,25)/t13-/m1/s1. The average molecular weight is 380 g/mol. The predicted molar refractivity (Wildman–Crippen MR) is 84.8 cm³/mol. The minimum absolute atomic E-state index is 0.0612. The van der Waals surface area contributed by atoms with Crippen LogP contribution in [0, 0.1) is 0 Å². The van der Waals surface area contributed by atoms with Gasteiger partial charge in [-0.15, -0.1) is 0 Å². The third-order valence-electron chi connectivity index (χ3n) is 4.16. The number of alkyl halides is 5. The molecule has 1 amide bonds. The van der Waals surface area contributed by atoms with Crippen LogP contribution in [0.15, 0.2) is 18.2 Å². The largest absolute Gasteiger partial charge is 0.416 e. The zero-order valence-electron chi connectivity index (χ0n) is 14.6. The van der Waals surface area contributed by atoms with Crippen molar-refractivity contribution in [2.75, 3.05) is 19.8 Å². The van der Waals surface area contributed by atoms with E-state index in [1.165, 1.54) is 13.8 Å². The average Bonchev–Trinajstić information content (AvgIpc) is 2.53. The summed E-state index contributed by atoms with van der Waals surface area (Å²) in [6.45, 7) is 4.50. The van der Waals surface area contributed by atoms with E-state index < -0.39 is 40.7 Å². The van der Waals surface area contributed by atoms with Crippen molar-refractivity contribution in [2.24, 2.45) is 0 Å². The lowest BCUT2D eigenvalue weighted by Crippen LogP contribution is -2.55. The number of carbonyl (C=O) groups is 1. The molecule has 1 aromatic rings. The van der Waals surface area contributed by atoms with Crippen LogP contribution < -0.4 is 10.6 Å². The maximum Gasteiger partial charge on any atom is 0.416 e. The summed E-state index contributed by atoms with van der Waals surface area (Å²) in [5.74, 6) is -3.92. The number of amides is 1. The number of hydrogen-bond acceptors (Lipinski definition) is 3. The fourth-order valence-corrected chi connectivity index (χ4v) is 2.61. The smallest absolute Gasteiger partial charge is 0.378 e. The SMILES string of the molecule is CC(F)(F)c1cc(C(F)(F)F)cc(C(C)(C)NC(=O)[C@H]2COCCN2)c1. The molecule has 0 aliphatic carbocycles. The number of carbonyl (C=O) groups excluding carboxylic acids is 1. The van der Waals surface area contributed by atoms with E-state index in [4.69, 9.17) is 4.74 Å². The van der Waals surface area contributed by atoms with Crippen LogP contribution in [-0.4, -0.2) is 31.7 Å². The summed E-state index contributed by atoms with van der Waals surface area (Å²) in [4.78, 5) is 12.3. The number of rotatable bonds is 4. The van der Waals surface area contributed by atoms with Gasteiger partial charge in [0.2, 0.25) is 5.91 Å². The zero-order valence-corrected chi connectivity index (χ0v) is 14.6. The second-order valence-electron chi connectivity index (χ2n) is 6.88. The van der Waals surface area contributed by atoms with Crippen molar-refractivity contribution in [2.45, 2.75) is 44.5 Å². The topological polar surface area (TPSA) is 50.4 Å². The van der Waals surface area contributed by atoms with Crippen LogP contribution in [0.25, 0.3) is 0 Å². The molecule has 26 heavy (non-hydrogen) atoms. The molecule has 9 heteroatoms. The van der Waals surface area contributed by atoms with Crippen LogP contribution >= 0.6 is 0 Å². The number of morpholine rings is 1. The van der Waals surface area contributed by atoms with Crippen molar-refractivity contribution in [3.8, 4) is 0 Å². The molecule has 0 radical (unpaired) electrons. The van der Waals surface area contributed by atoms with E-state index in [9.17, 15) is 26.7 Å². The van der Waals surface area contributed by atoms with Crippen molar-refractivity contribution in [3.63, 3.8) is 0 Å². The first-order valence-electron chi connectivity index (χ1n) is 8.05. The Labute approximate surface area is 148 Å². The Balaban J connectivity index is 2.36. The molecule has 1 aliphatic heterocycles. The molecule has 0 aromatic heterocycles. The Morgan fingerprint density at radius 2 is 1.65 bits per heavy atom. The van der Waals surface area contributed by atoms with Gasteiger partial charge < -0.3 is 15.4 Å². The van der Waals surface area contributed by atoms with E-state index >= 15 is 0 Å². The van der Waals surface area contributed by atoms with E-state index in [0.717, 1.165) is 12.1 Å². The normalized spacial score (nSPS) is 19.3. The van der Waals surface area contributed by atoms with Crippen LogP contribution in [0.5, 0.6) is 0 Å². The summed E-state index contributed by atoms with van der Waals surface area (Å²) in [6.07, 6.45) is -4.78. The van der Waals surface area contributed by atoms with Gasteiger partial charge in [0, 0.05) is 19.0 Å². The molecule has 1 aliphatic rings. The van der Waals surface area contributed by atoms with Crippen LogP contribution in [0.3, 0.4) is 0 Å². The van der Waals surface area contributed by atoms with Crippen LogP contribution in [0.1, 0.15) is 37.5 Å². The lowest BCUT2D eigenvalue weighted by Gasteiger charge is -2.32. The van der Waals surface area contributed by atoms with Gasteiger partial charge in [0.15, 0.2) is 0 Å². The molecule has 0 spiro atoms. The van der Waals surface area contributed by atoms with Crippen molar-refractivity contribution in [1.29, 1.82) is 0 Å². The molecule has 0 bridgehead atoms. The first-order valence-corrected chi connectivity index (χ1v) is 8.05. The number of halogens is 5. The minimum atomic E-state index is -4.78. The van der Waals surface area contributed by atoms with Crippen molar-refractivity contribution < 1.29 is 31.5 Å². The molecule has 146 valence electrons. The van der Waals surface area contributed by atoms with Crippen LogP contribution in [-0.2, 0) is 27.2 Å². The van der Waals surface area contributed by atoms with E-state index in [2.05, 4.69) is 10.6 Å². The highest BCUT2D eigenvalue weighted by Crippen LogP contribution is 2.37. The molecular weight excluding hydrogens is 359 g/mol. The molecule has 1 fully saturated rings. The zero-order chi connectivity index (χ0) is 19.8. The highest BCUT2D eigenvalue weighted by atomic mass is 19.4. The molecule has 4 nitrogen and oxygen atoms in total. The summed E-state index contributed by atoms with van der Waals surface area (Å²) in [5, 5.41) is 5.53. The number of nitrogens with one attached hydrogen (secondary N) is 2. The Morgan fingerprint density at radius 1 is 1.08 bits per heavy atom.